The lowest BCUT2D eigenvalue weighted by Crippen LogP contribution is -2.57. The van der Waals surface area contributed by atoms with Crippen LogP contribution in [0.15, 0.2) is 6.07 Å². The third-order valence-electron chi connectivity index (χ3n) is 3.96. The lowest BCUT2D eigenvalue weighted by atomic mass is 10.00. The first kappa shape index (κ1) is 13.7. The van der Waals surface area contributed by atoms with E-state index in [4.69, 9.17) is 28.3 Å². The molecule has 1 aromatic rings. The van der Waals surface area contributed by atoms with Gasteiger partial charge in [-0.2, -0.15) is 0 Å². The predicted molar refractivity (Wildman–Crippen MR) is 72.4 cm³/mol. The van der Waals surface area contributed by atoms with Crippen molar-refractivity contribution in [3.63, 3.8) is 0 Å². The molecular weight excluding hydrogens is 307 g/mol. The molecule has 7 nitrogen and oxygen atoms in total. The summed E-state index contributed by atoms with van der Waals surface area (Å²) in [5.74, 6) is 0.511. The molecule has 2 N–H and O–H groups in total. The number of anilines is 1. The molecule has 0 radical (unpaired) electrons. The normalized spacial score (nSPS) is 28.2. The van der Waals surface area contributed by atoms with E-state index in [1.807, 2.05) is 4.90 Å². The number of piperazine rings is 1. The Labute approximate surface area is 124 Å². The van der Waals surface area contributed by atoms with Gasteiger partial charge in [0.15, 0.2) is 0 Å². The smallest absolute Gasteiger partial charge is 0.407 e. The molecule has 3 rings (SSSR count). The Morgan fingerprint density at radius 2 is 2.25 bits per heavy atom. The zero-order valence-electron chi connectivity index (χ0n) is 10.3. The zero-order chi connectivity index (χ0) is 14.5. The summed E-state index contributed by atoms with van der Waals surface area (Å²) in [6, 6.07) is 1.41. The van der Waals surface area contributed by atoms with Crippen molar-refractivity contribution in [3.8, 4) is 0 Å². The number of hydrogen-bond donors (Lipinski definition) is 2. The lowest BCUT2D eigenvalue weighted by molar-refractivity contribution is 0.123. The summed E-state index contributed by atoms with van der Waals surface area (Å²) in [6.07, 6.45) is -0.404. The highest BCUT2D eigenvalue weighted by molar-refractivity contribution is 6.32. The van der Waals surface area contributed by atoms with Crippen LogP contribution >= 0.6 is 23.2 Å². The first-order valence-electron chi connectivity index (χ1n) is 6.03. The fourth-order valence-electron chi connectivity index (χ4n) is 3.10. The number of likely N-dealkylation sites (tertiary alicyclic amines) is 1. The van der Waals surface area contributed by atoms with Gasteiger partial charge in [-0.25, -0.2) is 14.8 Å². The van der Waals surface area contributed by atoms with Crippen LogP contribution in [0.2, 0.25) is 10.4 Å². The Morgan fingerprint density at radius 3 is 2.85 bits per heavy atom. The number of carboxylic acid groups (broad SMARTS) is 1. The fourth-order valence-corrected chi connectivity index (χ4v) is 3.50. The van der Waals surface area contributed by atoms with Gasteiger partial charge >= 0.3 is 6.09 Å². The van der Waals surface area contributed by atoms with Gasteiger partial charge in [0.25, 0.3) is 0 Å². The van der Waals surface area contributed by atoms with Crippen molar-refractivity contribution in [2.45, 2.75) is 18.0 Å². The van der Waals surface area contributed by atoms with Gasteiger partial charge in [0, 0.05) is 19.2 Å². The van der Waals surface area contributed by atoms with E-state index >= 15 is 0 Å². The molecule has 0 aliphatic carbocycles. The Bertz CT molecular complexity index is 552. The first-order chi connectivity index (χ1) is 9.45. The average Bonchev–Trinajstić information content (AvgIpc) is 2.93. The molecule has 2 aliphatic heterocycles. The summed E-state index contributed by atoms with van der Waals surface area (Å²) < 4.78 is 0. The van der Waals surface area contributed by atoms with Gasteiger partial charge in [-0.3, -0.25) is 0 Å². The summed E-state index contributed by atoms with van der Waals surface area (Å²) in [4.78, 5) is 22.3. The second kappa shape index (κ2) is 4.61. The summed E-state index contributed by atoms with van der Waals surface area (Å²) in [6.45, 7) is 0.534. The number of hydrogen-bond acceptors (Lipinski definition) is 5. The number of aliphatic hydroxyl groups excluding tert-OH is 1. The third kappa shape index (κ3) is 1.97. The maximum absolute atomic E-state index is 11.2. The Morgan fingerprint density at radius 1 is 1.50 bits per heavy atom. The first-order valence-corrected chi connectivity index (χ1v) is 6.79. The lowest BCUT2D eigenvalue weighted by Gasteiger charge is -2.41. The maximum atomic E-state index is 11.2. The fraction of sp³-hybridized carbons (Fsp3) is 0.545. The Balaban J connectivity index is 1.95. The third-order valence-corrected chi connectivity index (χ3v) is 4.32. The van der Waals surface area contributed by atoms with E-state index in [1.165, 1.54) is 4.90 Å². The SMILES string of the molecule is O=C(O)N1C[C@]2(CO)C[C@H]1CN2c1cc(Cl)nc(Cl)n1. The number of fused-ring (bicyclic) bond motifs is 2. The second-order valence-corrected chi connectivity index (χ2v) is 5.80. The van der Waals surface area contributed by atoms with Gasteiger partial charge in [-0.05, 0) is 18.0 Å². The molecule has 2 atom stereocenters. The van der Waals surface area contributed by atoms with Crippen molar-refractivity contribution in [3.05, 3.63) is 16.5 Å². The minimum Gasteiger partial charge on any atom is -0.465 e. The number of carbonyl (C=O) groups is 1. The number of halogens is 2. The van der Waals surface area contributed by atoms with Crippen LogP contribution in [0.1, 0.15) is 6.42 Å². The van der Waals surface area contributed by atoms with Crippen molar-refractivity contribution in [1.29, 1.82) is 0 Å². The van der Waals surface area contributed by atoms with Crippen molar-refractivity contribution in [1.82, 2.24) is 14.9 Å². The molecule has 108 valence electrons. The second-order valence-electron chi connectivity index (χ2n) is 5.08. The molecule has 0 unspecified atom stereocenters. The maximum Gasteiger partial charge on any atom is 0.407 e. The molecule has 0 saturated carbocycles. The van der Waals surface area contributed by atoms with Crippen molar-refractivity contribution < 1.29 is 15.0 Å². The highest BCUT2D eigenvalue weighted by Crippen LogP contribution is 2.42. The largest absolute Gasteiger partial charge is 0.465 e. The van der Waals surface area contributed by atoms with Gasteiger partial charge in [0.2, 0.25) is 5.28 Å². The van der Waals surface area contributed by atoms with E-state index in [0.717, 1.165) is 0 Å². The Hall–Kier alpha value is -1.31. The van der Waals surface area contributed by atoms with E-state index < -0.39 is 11.6 Å². The van der Waals surface area contributed by atoms with Crippen LogP contribution in [0.4, 0.5) is 10.6 Å². The van der Waals surface area contributed by atoms with Crippen molar-refractivity contribution >= 4 is 35.1 Å². The van der Waals surface area contributed by atoms with E-state index in [-0.39, 0.29) is 29.6 Å². The molecule has 2 saturated heterocycles. The van der Waals surface area contributed by atoms with Crippen LogP contribution in [0, 0.1) is 0 Å². The standard InChI is InChI=1S/C11H12Cl2N4O3/c12-7-1-8(15-9(13)14-7)17-3-6-2-11(17,5-18)4-16(6)10(19)20/h1,6,18H,2-5H2,(H,19,20)/t6-,11-/m0/s1. The number of rotatable bonds is 2. The van der Waals surface area contributed by atoms with E-state index in [0.29, 0.717) is 18.8 Å². The van der Waals surface area contributed by atoms with Gasteiger partial charge in [0.1, 0.15) is 11.0 Å². The quantitative estimate of drug-likeness (QED) is 0.626. The molecule has 0 aromatic carbocycles. The van der Waals surface area contributed by atoms with Crippen molar-refractivity contribution in [2.24, 2.45) is 0 Å². The summed E-state index contributed by atoms with van der Waals surface area (Å²) in [5, 5.41) is 19.1. The van der Waals surface area contributed by atoms with E-state index in [2.05, 4.69) is 9.97 Å². The molecule has 0 spiro atoms. The van der Waals surface area contributed by atoms with Gasteiger partial charge in [-0.1, -0.05) is 11.6 Å². The Kier molecular flexibility index (Phi) is 3.15. The van der Waals surface area contributed by atoms with E-state index in [9.17, 15) is 9.90 Å². The molecule has 2 fully saturated rings. The zero-order valence-corrected chi connectivity index (χ0v) is 11.8. The van der Waals surface area contributed by atoms with Gasteiger partial charge < -0.3 is 20.0 Å². The minimum atomic E-state index is -0.969. The summed E-state index contributed by atoms with van der Waals surface area (Å²) >= 11 is 11.7. The number of amides is 1. The van der Waals surface area contributed by atoms with Crippen LogP contribution in [-0.2, 0) is 0 Å². The van der Waals surface area contributed by atoms with Crippen LogP contribution in [0.3, 0.4) is 0 Å². The summed E-state index contributed by atoms with van der Waals surface area (Å²) in [7, 11) is 0. The topological polar surface area (TPSA) is 89.8 Å². The molecular formula is C11H12Cl2N4O3. The number of nitrogens with zero attached hydrogens (tertiary/aromatic N) is 4. The van der Waals surface area contributed by atoms with Crippen LogP contribution in [-0.4, -0.2) is 62.5 Å². The molecule has 2 bridgehead atoms. The molecule has 9 heteroatoms. The van der Waals surface area contributed by atoms with Crippen LogP contribution < -0.4 is 4.90 Å². The minimum absolute atomic E-state index is 0.0263. The highest BCUT2D eigenvalue weighted by atomic mass is 35.5. The molecule has 20 heavy (non-hydrogen) atoms. The highest BCUT2D eigenvalue weighted by Gasteiger charge is 2.56. The van der Waals surface area contributed by atoms with Crippen molar-refractivity contribution in [2.75, 3.05) is 24.6 Å². The van der Waals surface area contributed by atoms with Gasteiger partial charge in [0.05, 0.1) is 18.2 Å². The van der Waals surface area contributed by atoms with Crippen LogP contribution in [0.25, 0.3) is 0 Å². The predicted octanol–water partition coefficient (Wildman–Crippen LogP) is 1.09. The monoisotopic (exact) mass is 318 g/mol. The summed E-state index contributed by atoms with van der Waals surface area (Å²) in [5.41, 5.74) is -0.663. The molecule has 1 amide bonds. The number of aromatic nitrogens is 2. The molecule has 3 heterocycles. The van der Waals surface area contributed by atoms with E-state index in [1.54, 1.807) is 6.07 Å². The molecule has 1 aromatic heterocycles. The number of aliphatic hydroxyl groups is 1. The van der Waals surface area contributed by atoms with Gasteiger partial charge in [-0.15, -0.1) is 0 Å². The van der Waals surface area contributed by atoms with Crippen LogP contribution in [0.5, 0.6) is 0 Å². The average molecular weight is 319 g/mol. The molecule has 2 aliphatic rings.